The number of hydrogen-bond donors (Lipinski definition) is 2. The van der Waals surface area contributed by atoms with Crippen LogP contribution in [0.15, 0.2) is 17.5 Å². The lowest BCUT2D eigenvalue weighted by Gasteiger charge is -2.32. The van der Waals surface area contributed by atoms with E-state index in [0.29, 0.717) is 6.04 Å². The van der Waals surface area contributed by atoms with Crippen molar-refractivity contribution in [1.29, 1.82) is 0 Å². The summed E-state index contributed by atoms with van der Waals surface area (Å²) in [5, 5.41) is 15.4. The van der Waals surface area contributed by atoms with Crippen LogP contribution in [0.4, 0.5) is 0 Å². The van der Waals surface area contributed by atoms with Gasteiger partial charge in [-0.25, -0.2) is 0 Å². The molecule has 1 atom stereocenters. The molecule has 2 nitrogen and oxygen atoms in total. The summed E-state index contributed by atoms with van der Waals surface area (Å²) < 4.78 is 0. The van der Waals surface area contributed by atoms with Crippen LogP contribution in [0, 0.1) is 5.41 Å². The summed E-state index contributed by atoms with van der Waals surface area (Å²) in [7, 11) is 0. The van der Waals surface area contributed by atoms with E-state index in [0.717, 1.165) is 25.8 Å². The number of rotatable bonds is 9. The van der Waals surface area contributed by atoms with Crippen LogP contribution in [0.2, 0.25) is 0 Å². The quantitative estimate of drug-likeness (QED) is 0.711. The fraction of sp³-hybridized carbons (Fsp3) is 0.733. The van der Waals surface area contributed by atoms with Crippen molar-refractivity contribution in [1.82, 2.24) is 5.32 Å². The molecule has 0 fully saturated rings. The zero-order valence-corrected chi connectivity index (χ0v) is 12.7. The minimum absolute atomic E-state index is 0.0449. The van der Waals surface area contributed by atoms with E-state index >= 15 is 0 Å². The van der Waals surface area contributed by atoms with Gasteiger partial charge in [0.1, 0.15) is 0 Å². The highest BCUT2D eigenvalue weighted by molar-refractivity contribution is 7.10. The molecule has 0 aliphatic carbocycles. The van der Waals surface area contributed by atoms with Crippen LogP contribution in [0.1, 0.15) is 57.4 Å². The molecule has 0 aliphatic rings. The van der Waals surface area contributed by atoms with Gasteiger partial charge in [0.15, 0.2) is 0 Å². The number of aliphatic hydroxyl groups excluding tert-OH is 1. The fourth-order valence-electron chi connectivity index (χ4n) is 2.24. The molecule has 0 saturated heterocycles. The molecule has 1 unspecified atom stereocenters. The van der Waals surface area contributed by atoms with Crippen LogP contribution in [-0.4, -0.2) is 18.3 Å². The van der Waals surface area contributed by atoms with Crippen LogP contribution >= 0.6 is 11.3 Å². The topological polar surface area (TPSA) is 32.3 Å². The third-order valence-electron chi connectivity index (χ3n) is 4.02. The molecule has 0 bridgehead atoms. The Morgan fingerprint density at radius 2 is 2.06 bits per heavy atom. The highest BCUT2D eigenvalue weighted by Gasteiger charge is 2.26. The van der Waals surface area contributed by atoms with Crippen molar-refractivity contribution >= 4 is 11.3 Å². The maximum absolute atomic E-state index is 9.61. The lowest BCUT2D eigenvalue weighted by atomic mass is 9.83. The van der Waals surface area contributed by atoms with Crippen molar-refractivity contribution < 1.29 is 5.11 Å². The average Bonchev–Trinajstić information content (AvgIpc) is 2.93. The molecule has 0 spiro atoms. The molecular formula is C15H27NOS. The van der Waals surface area contributed by atoms with E-state index in [4.69, 9.17) is 0 Å². The molecule has 18 heavy (non-hydrogen) atoms. The van der Waals surface area contributed by atoms with E-state index in [1.807, 2.05) is 11.3 Å². The van der Waals surface area contributed by atoms with Crippen molar-refractivity contribution in [3.05, 3.63) is 22.4 Å². The Hall–Kier alpha value is -0.380. The summed E-state index contributed by atoms with van der Waals surface area (Å²) in [6.07, 6.45) is 4.39. The van der Waals surface area contributed by atoms with Crippen LogP contribution in [0.5, 0.6) is 0 Å². The van der Waals surface area contributed by atoms with Crippen LogP contribution < -0.4 is 5.32 Å². The van der Waals surface area contributed by atoms with Crippen molar-refractivity contribution in [2.75, 3.05) is 13.2 Å². The molecule has 1 aromatic heterocycles. The van der Waals surface area contributed by atoms with Crippen molar-refractivity contribution in [3.8, 4) is 0 Å². The molecule has 2 N–H and O–H groups in total. The SMILES string of the molecule is CCCC(NCC(CC)(CC)CO)c1cccs1. The molecule has 0 aliphatic heterocycles. The summed E-state index contributed by atoms with van der Waals surface area (Å²) in [5.74, 6) is 0. The number of aliphatic hydroxyl groups is 1. The Kier molecular flexibility index (Phi) is 6.90. The van der Waals surface area contributed by atoms with E-state index in [1.165, 1.54) is 11.3 Å². The summed E-state index contributed by atoms with van der Waals surface area (Å²) in [6, 6.07) is 4.76. The zero-order valence-electron chi connectivity index (χ0n) is 11.9. The van der Waals surface area contributed by atoms with Crippen molar-refractivity contribution in [2.24, 2.45) is 5.41 Å². The summed E-state index contributed by atoms with van der Waals surface area (Å²) in [5.41, 5.74) is 0.0449. The first-order valence-electron chi connectivity index (χ1n) is 7.09. The predicted octanol–water partition coefficient (Wildman–Crippen LogP) is 3.98. The Bertz CT molecular complexity index is 298. The maximum atomic E-state index is 9.61. The van der Waals surface area contributed by atoms with Gasteiger partial charge in [0.05, 0.1) is 0 Å². The van der Waals surface area contributed by atoms with Gasteiger partial charge in [-0.3, -0.25) is 0 Å². The van der Waals surface area contributed by atoms with Gasteiger partial charge >= 0.3 is 0 Å². The Balaban J connectivity index is 2.62. The van der Waals surface area contributed by atoms with Crippen molar-refractivity contribution in [3.63, 3.8) is 0 Å². The zero-order chi connectivity index (χ0) is 13.4. The molecule has 1 aromatic rings. The van der Waals surface area contributed by atoms with Gasteiger partial charge in [-0.2, -0.15) is 0 Å². The lowest BCUT2D eigenvalue weighted by Crippen LogP contribution is -2.38. The maximum Gasteiger partial charge on any atom is 0.0499 e. The first-order valence-corrected chi connectivity index (χ1v) is 7.97. The normalized spacial score (nSPS) is 13.8. The van der Waals surface area contributed by atoms with Gasteiger partial charge < -0.3 is 10.4 Å². The molecule has 0 saturated carbocycles. The van der Waals surface area contributed by atoms with E-state index in [-0.39, 0.29) is 12.0 Å². The highest BCUT2D eigenvalue weighted by atomic mass is 32.1. The molecular weight excluding hydrogens is 242 g/mol. The van der Waals surface area contributed by atoms with E-state index in [9.17, 15) is 5.11 Å². The molecule has 0 aromatic carbocycles. The number of hydrogen-bond acceptors (Lipinski definition) is 3. The molecule has 0 amide bonds. The smallest absolute Gasteiger partial charge is 0.0499 e. The Morgan fingerprint density at radius 1 is 1.33 bits per heavy atom. The van der Waals surface area contributed by atoms with Crippen LogP contribution in [0.3, 0.4) is 0 Å². The predicted molar refractivity (Wildman–Crippen MR) is 80.1 cm³/mol. The molecule has 1 rings (SSSR count). The monoisotopic (exact) mass is 269 g/mol. The summed E-state index contributed by atoms with van der Waals surface area (Å²) >= 11 is 1.82. The fourth-order valence-corrected chi connectivity index (χ4v) is 3.08. The van der Waals surface area contributed by atoms with E-state index in [1.54, 1.807) is 0 Å². The highest BCUT2D eigenvalue weighted by Crippen LogP contribution is 2.28. The van der Waals surface area contributed by atoms with Gasteiger partial charge in [0.2, 0.25) is 0 Å². The van der Waals surface area contributed by atoms with Gasteiger partial charge in [0, 0.05) is 29.5 Å². The minimum Gasteiger partial charge on any atom is -0.396 e. The van der Waals surface area contributed by atoms with Gasteiger partial charge in [-0.1, -0.05) is 33.3 Å². The summed E-state index contributed by atoms with van der Waals surface area (Å²) in [6.45, 7) is 7.74. The second-order valence-electron chi connectivity index (χ2n) is 5.10. The molecule has 0 radical (unpaired) electrons. The van der Waals surface area contributed by atoms with Gasteiger partial charge in [-0.15, -0.1) is 11.3 Å². The standard InChI is InChI=1S/C15H27NOS/c1-4-8-13(14-9-7-10-18-14)16-11-15(5-2,6-3)12-17/h7,9-10,13,16-17H,4-6,8,11-12H2,1-3H3. The lowest BCUT2D eigenvalue weighted by molar-refractivity contribution is 0.109. The second kappa shape index (κ2) is 7.93. The molecule has 1 heterocycles. The largest absolute Gasteiger partial charge is 0.396 e. The molecule has 104 valence electrons. The van der Waals surface area contributed by atoms with Gasteiger partial charge in [0.25, 0.3) is 0 Å². The third kappa shape index (κ3) is 4.08. The first-order chi connectivity index (χ1) is 8.71. The first kappa shape index (κ1) is 15.7. The van der Waals surface area contributed by atoms with Crippen LogP contribution in [0.25, 0.3) is 0 Å². The second-order valence-corrected chi connectivity index (χ2v) is 6.08. The third-order valence-corrected chi connectivity index (χ3v) is 5.01. The van der Waals surface area contributed by atoms with Crippen molar-refractivity contribution in [2.45, 2.75) is 52.5 Å². The Labute approximate surface area is 115 Å². The van der Waals surface area contributed by atoms with Gasteiger partial charge in [-0.05, 0) is 30.7 Å². The summed E-state index contributed by atoms with van der Waals surface area (Å²) in [4.78, 5) is 1.41. The minimum atomic E-state index is 0.0449. The van der Waals surface area contributed by atoms with Crippen LogP contribution in [-0.2, 0) is 0 Å². The number of nitrogens with one attached hydrogen (secondary N) is 1. The molecule has 3 heteroatoms. The van der Waals surface area contributed by atoms with E-state index in [2.05, 4.69) is 43.6 Å². The average molecular weight is 269 g/mol. The van der Waals surface area contributed by atoms with E-state index < -0.39 is 0 Å². The Morgan fingerprint density at radius 3 is 2.50 bits per heavy atom. The number of thiophene rings is 1.